The molecule has 0 amide bonds. The van der Waals surface area contributed by atoms with Crippen molar-refractivity contribution in [3.8, 4) is 0 Å². The number of hydrogen-bond acceptors (Lipinski definition) is 5. The van der Waals surface area contributed by atoms with Crippen molar-refractivity contribution in [1.29, 1.82) is 0 Å². The molecule has 1 aliphatic carbocycles. The lowest BCUT2D eigenvalue weighted by Crippen LogP contribution is -2.32. The summed E-state index contributed by atoms with van der Waals surface area (Å²) >= 11 is 2.09. The number of nitrogens with zero attached hydrogens (tertiary/aromatic N) is 1. The zero-order chi connectivity index (χ0) is 8.97. The topological polar surface area (TPSA) is 50.7 Å². The fraction of sp³-hybridized carbons (Fsp3) is 0.667. The van der Waals surface area contributed by atoms with E-state index >= 15 is 0 Å². The molecule has 12 heavy (non-hydrogen) atoms. The van der Waals surface area contributed by atoms with Crippen molar-refractivity contribution in [3.05, 3.63) is 0 Å². The number of hydrogen-bond donors (Lipinski definition) is 1. The largest absolute Gasteiger partial charge is 0.469 e. The lowest BCUT2D eigenvalue weighted by molar-refractivity contribution is -0.145. The third-order valence-electron chi connectivity index (χ3n) is 1.74. The van der Waals surface area contributed by atoms with Crippen LogP contribution in [0.2, 0.25) is 0 Å². The first-order valence-corrected chi connectivity index (χ1v) is 6.79. The SMILES string of the molecule is COC(=O)C1CC(=NNSI)C1. The number of esters is 1. The lowest BCUT2D eigenvalue weighted by Gasteiger charge is -2.24. The molecule has 1 N–H and O–H groups in total. The predicted molar refractivity (Wildman–Crippen MR) is 56.9 cm³/mol. The maximum absolute atomic E-state index is 10.9. The van der Waals surface area contributed by atoms with Gasteiger partial charge in [0.05, 0.1) is 13.0 Å². The summed E-state index contributed by atoms with van der Waals surface area (Å²) < 4.78 is 4.59. The van der Waals surface area contributed by atoms with Gasteiger partial charge in [-0.25, -0.2) is 4.83 Å². The van der Waals surface area contributed by atoms with Gasteiger partial charge in [-0.15, -0.1) is 0 Å². The highest BCUT2D eigenvalue weighted by Crippen LogP contribution is 2.25. The Balaban J connectivity index is 2.23. The van der Waals surface area contributed by atoms with Gasteiger partial charge in [0.25, 0.3) is 0 Å². The normalized spacial score (nSPS) is 21.2. The minimum atomic E-state index is -0.129. The number of methoxy groups -OCH3 is 1. The van der Waals surface area contributed by atoms with Gasteiger partial charge in [0.1, 0.15) is 0 Å². The highest BCUT2D eigenvalue weighted by molar-refractivity contribution is 14.2. The second kappa shape index (κ2) is 4.90. The lowest BCUT2D eigenvalue weighted by atomic mass is 9.83. The van der Waals surface area contributed by atoms with E-state index in [4.69, 9.17) is 0 Å². The summed E-state index contributed by atoms with van der Waals surface area (Å²) in [4.78, 5) is 13.7. The van der Waals surface area contributed by atoms with Gasteiger partial charge in [0.15, 0.2) is 0 Å². The molecule has 1 fully saturated rings. The molecular formula is C6H9IN2O2S. The van der Waals surface area contributed by atoms with Crippen LogP contribution in [-0.2, 0) is 9.53 Å². The molecule has 0 radical (unpaired) electrons. The Morgan fingerprint density at radius 2 is 2.50 bits per heavy atom. The number of nitrogens with one attached hydrogen (secondary N) is 1. The molecule has 6 heteroatoms. The summed E-state index contributed by atoms with van der Waals surface area (Å²) in [6, 6.07) is 0. The molecule has 68 valence electrons. The first-order chi connectivity index (χ1) is 5.77. The molecule has 4 nitrogen and oxygen atoms in total. The fourth-order valence-corrected chi connectivity index (χ4v) is 1.47. The Hall–Kier alpha value is 0.0200. The van der Waals surface area contributed by atoms with E-state index in [2.05, 4.69) is 35.9 Å². The van der Waals surface area contributed by atoms with Crippen LogP contribution in [0.4, 0.5) is 0 Å². The molecule has 1 aliphatic rings. The summed E-state index contributed by atoms with van der Waals surface area (Å²) in [5.74, 6) is -0.0918. The highest BCUT2D eigenvalue weighted by Gasteiger charge is 2.31. The Morgan fingerprint density at radius 1 is 1.83 bits per heavy atom. The predicted octanol–water partition coefficient (Wildman–Crippen LogP) is 1.51. The van der Waals surface area contributed by atoms with Crippen LogP contribution in [0.5, 0.6) is 0 Å². The standard InChI is InChI=1S/C6H9IN2O2S/c1-11-6(10)4-2-5(3-4)8-9-12-7/h4,9H,2-3H2,1H3. The Labute approximate surface area is 87.2 Å². The van der Waals surface area contributed by atoms with Crippen LogP contribution in [0.1, 0.15) is 12.8 Å². The summed E-state index contributed by atoms with van der Waals surface area (Å²) in [6.07, 6.45) is 1.47. The highest BCUT2D eigenvalue weighted by atomic mass is 127. The molecule has 0 spiro atoms. The quantitative estimate of drug-likeness (QED) is 0.371. The number of halogens is 1. The summed E-state index contributed by atoms with van der Waals surface area (Å²) in [7, 11) is 2.82. The average Bonchev–Trinajstić information content (AvgIpc) is 2.01. The van der Waals surface area contributed by atoms with Crippen LogP contribution in [0.3, 0.4) is 0 Å². The van der Waals surface area contributed by atoms with E-state index in [-0.39, 0.29) is 11.9 Å². The van der Waals surface area contributed by atoms with Crippen molar-refractivity contribution in [2.45, 2.75) is 12.8 Å². The van der Waals surface area contributed by atoms with Crippen LogP contribution >= 0.6 is 30.3 Å². The minimum Gasteiger partial charge on any atom is -0.469 e. The zero-order valence-electron chi connectivity index (χ0n) is 6.54. The van der Waals surface area contributed by atoms with Crippen molar-refractivity contribution in [1.82, 2.24) is 4.83 Å². The number of carbonyl (C=O) groups is 1. The molecule has 0 unspecified atom stereocenters. The molecular weight excluding hydrogens is 291 g/mol. The summed E-state index contributed by atoms with van der Waals surface area (Å²) in [5, 5.41) is 4.03. The maximum Gasteiger partial charge on any atom is 0.309 e. The van der Waals surface area contributed by atoms with Crippen molar-refractivity contribution >= 4 is 42.0 Å². The third kappa shape index (κ3) is 2.51. The van der Waals surface area contributed by atoms with Gasteiger partial charge >= 0.3 is 5.97 Å². The maximum atomic E-state index is 10.9. The van der Waals surface area contributed by atoms with Crippen LogP contribution in [-0.4, -0.2) is 18.8 Å². The second-order valence-electron chi connectivity index (χ2n) is 2.47. The van der Waals surface area contributed by atoms with E-state index in [0.717, 1.165) is 18.6 Å². The zero-order valence-corrected chi connectivity index (χ0v) is 9.52. The smallest absolute Gasteiger partial charge is 0.309 e. The molecule has 0 heterocycles. The van der Waals surface area contributed by atoms with Crippen molar-refractivity contribution in [3.63, 3.8) is 0 Å². The molecule has 0 aromatic heterocycles. The van der Waals surface area contributed by atoms with E-state index in [0.29, 0.717) is 0 Å². The average molecular weight is 300 g/mol. The van der Waals surface area contributed by atoms with Gasteiger partial charge in [0, 0.05) is 48.9 Å². The second-order valence-corrected chi connectivity index (χ2v) is 4.13. The van der Waals surface area contributed by atoms with Crippen LogP contribution in [0.15, 0.2) is 5.10 Å². The first-order valence-electron chi connectivity index (χ1n) is 3.43. The molecule has 0 aromatic carbocycles. The van der Waals surface area contributed by atoms with Crippen molar-refractivity contribution in [2.24, 2.45) is 11.0 Å². The Kier molecular flexibility index (Phi) is 4.13. The third-order valence-corrected chi connectivity index (χ3v) is 2.49. The van der Waals surface area contributed by atoms with Gasteiger partial charge < -0.3 is 4.74 Å². The minimum absolute atomic E-state index is 0.0368. The van der Waals surface area contributed by atoms with E-state index in [1.807, 2.05) is 0 Å². The van der Waals surface area contributed by atoms with E-state index in [1.165, 1.54) is 16.2 Å². The van der Waals surface area contributed by atoms with Gasteiger partial charge in [-0.1, -0.05) is 0 Å². The van der Waals surface area contributed by atoms with Crippen LogP contribution in [0, 0.1) is 5.92 Å². The Morgan fingerprint density at radius 3 is 3.00 bits per heavy atom. The number of ether oxygens (including phenoxy) is 1. The van der Waals surface area contributed by atoms with Gasteiger partial charge in [-0.2, -0.15) is 5.10 Å². The fourth-order valence-electron chi connectivity index (χ4n) is 1.02. The van der Waals surface area contributed by atoms with Crippen molar-refractivity contribution < 1.29 is 9.53 Å². The van der Waals surface area contributed by atoms with Gasteiger partial charge in [0.2, 0.25) is 0 Å². The molecule has 0 atom stereocenters. The molecule has 0 aromatic rings. The van der Waals surface area contributed by atoms with E-state index in [1.54, 1.807) is 0 Å². The number of carbonyl (C=O) groups excluding carboxylic acids is 1. The van der Waals surface area contributed by atoms with E-state index < -0.39 is 0 Å². The summed E-state index contributed by atoms with van der Waals surface area (Å²) in [6.45, 7) is 0. The van der Waals surface area contributed by atoms with Gasteiger partial charge in [-0.05, 0) is 0 Å². The van der Waals surface area contributed by atoms with Gasteiger partial charge in [-0.3, -0.25) is 4.79 Å². The molecule has 0 saturated heterocycles. The van der Waals surface area contributed by atoms with Crippen LogP contribution < -0.4 is 4.83 Å². The Bertz CT molecular complexity index is 202. The molecule has 1 rings (SSSR count). The number of rotatable bonds is 3. The summed E-state index contributed by atoms with van der Waals surface area (Å²) in [5.41, 5.74) is 1.04. The number of hydrazone groups is 1. The monoisotopic (exact) mass is 300 g/mol. The van der Waals surface area contributed by atoms with Crippen LogP contribution in [0.25, 0.3) is 0 Å². The van der Waals surface area contributed by atoms with E-state index in [9.17, 15) is 4.79 Å². The van der Waals surface area contributed by atoms with Crippen molar-refractivity contribution in [2.75, 3.05) is 7.11 Å². The first kappa shape index (κ1) is 10.1. The molecule has 1 saturated carbocycles. The molecule has 0 bridgehead atoms. The molecule has 0 aliphatic heterocycles.